The molecule has 0 bridgehead atoms. The summed E-state index contributed by atoms with van der Waals surface area (Å²) in [5.74, 6) is -2.68. The van der Waals surface area contributed by atoms with Crippen molar-refractivity contribution in [2.24, 2.45) is 4.99 Å². The number of nitrogens with zero attached hydrogens (tertiary/aromatic N) is 3. The van der Waals surface area contributed by atoms with Gasteiger partial charge in [0.2, 0.25) is 6.17 Å². The molecule has 2 aromatic carbocycles. The van der Waals surface area contributed by atoms with Crippen LogP contribution in [0.3, 0.4) is 0 Å². The highest BCUT2D eigenvalue weighted by Gasteiger charge is 2.38. The molecule has 0 aliphatic carbocycles. The first-order chi connectivity index (χ1) is 15.4. The third-order valence-corrected chi connectivity index (χ3v) is 4.95. The van der Waals surface area contributed by atoms with Crippen LogP contribution in [0, 0.1) is 5.82 Å². The van der Waals surface area contributed by atoms with Gasteiger partial charge in [-0.3, -0.25) is 19.4 Å². The number of benzene rings is 2. The van der Waals surface area contributed by atoms with Crippen LogP contribution < -0.4 is 4.90 Å². The number of halogens is 2. The van der Waals surface area contributed by atoms with Crippen LogP contribution in [0.2, 0.25) is 5.02 Å². The van der Waals surface area contributed by atoms with Crippen LogP contribution in [0.25, 0.3) is 0 Å². The average Bonchev–Trinajstić information content (AvgIpc) is 2.82. The lowest BCUT2D eigenvalue weighted by Gasteiger charge is -2.30. The molecule has 174 valence electrons. The van der Waals surface area contributed by atoms with Crippen LogP contribution in [0.1, 0.15) is 31.9 Å². The topological polar surface area (TPSA) is 99.5 Å². The van der Waals surface area contributed by atoms with E-state index in [1.54, 1.807) is 26.8 Å². The molecule has 10 heteroatoms. The fourth-order valence-corrected chi connectivity index (χ4v) is 3.46. The first-order valence-electron chi connectivity index (χ1n) is 10.0. The van der Waals surface area contributed by atoms with E-state index in [1.807, 2.05) is 0 Å². The number of amides is 2. The molecule has 0 aromatic heterocycles. The predicted octanol–water partition coefficient (Wildman–Crippen LogP) is 3.94. The van der Waals surface area contributed by atoms with Gasteiger partial charge in [0.15, 0.2) is 0 Å². The maximum atomic E-state index is 14.8. The van der Waals surface area contributed by atoms with Gasteiger partial charge >= 0.3 is 12.1 Å². The number of aliphatic imine (C=N–C) groups is 1. The molecule has 0 saturated carbocycles. The fraction of sp³-hybridized carbons (Fsp3) is 0.304. The molecular weight excluding hydrogens is 453 g/mol. The van der Waals surface area contributed by atoms with Crippen molar-refractivity contribution in [2.75, 3.05) is 18.5 Å². The van der Waals surface area contributed by atoms with Gasteiger partial charge in [0.25, 0.3) is 5.91 Å². The van der Waals surface area contributed by atoms with E-state index in [9.17, 15) is 23.9 Å². The van der Waals surface area contributed by atoms with Gasteiger partial charge in [-0.2, -0.15) is 0 Å². The molecule has 0 radical (unpaired) electrons. The molecule has 2 aromatic rings. The van der Waals surface area contributed by atoms with Crippen LogP contribution in [0.15, 0.2) is 47.5 Å². The Bertz CT molecular complexity index is 1150. The van der Waals surface area contributed by atoms with Crippen LogP contribution in [-0.2, 0) is 14.3 Å². The molecule has 1 N–H and O–H groups in total. The lowest BCUT2D eigenvalue weighted by Crippen LogP contribution is -2.50. The highest BCUT2D eigenvalue weighted by molar-refractivity contribution is 6.32. The minimum absolute atomic E-state index is 0.0484. The van der Waals surface area contributed by atoms with Crippen molar-refractivity contribution in [1.82, 2.24) is 4.90 Å². The van der Waals surface area contributed by atoms with Gasteiger partial charge < -0.3 is 9.84 Å². The number of carbonyl (C=O) groups excluding carboxylic acids is 2. The number of likely N-dealkylation sites (N-methyl/N-ethyl adjacent to an activating group) is 1. The van der Waals surface area contributed by atoms with Crippen molar-refractivity contribution in [3.63, 3.8) is 0 Å². The number of aliphatic carboxylic acids is 1. The Labute approximate surface area is 195 Å². The highest BCUT2D eigenvalue weighted by Crippen LogP contribution is 2.32. The largest absolute Gasteiger partial charge is 0.480 e. The van der Waals surface area contributed by atoms with E-state index in [4.69, 9.17) is 16.3 Å². The fourth-order valence-electron chi connectivity index (χ4n) is 3.29. The number of ether oxygens (including phenoxy) is 1. The zero-order chi connectivity index (χ0) is 24.5. The predicted molar refractivity (Wildman–Crippen MR) is 121 cm³/mol. The standard InChI is InChI=1S/C23H23ClFN3O5/c1-23(2,3)33-22(32)27(4)20-21(31)28(12-18(29)30)17-10-9-13(24)11-15(17)19(26-20)14-7-5-6-8-16(14)25/h5-11,20H,12H2,1-4H3,(H,29,30). The molecule has 1 aliphatic rings. The van der Waals surface area contributed by atoms with Crippen LogP contribution in [0.4, 0.5) is 14.9 Å². The molecule has 2 amide bonds. The van der Waals surface area contributed by atoms with Gasteiger partial charge in [0, 0.05) is 23.2 Å². The maximum Gasteiger partial charge on any atom is 0.412 e. The van der Waals surface area contributed by atoms with Crippen molar-refractivity contribution < 1.29 is 28.6 Å². The molecule has 1 aliphatic heterocycles. The first kappa shape index (κ1) is 24.2. The van der Waals surface area contributed by atoms with E-state index in [0.29, 0.717) is 0 Å². The van der Waals surface area contributed by atoms with Crippen molar-refractivity contribution in [3.05, 3.63) is 64.4 Å². The average molecular weight is 476 g/mol. The summed E-state index contributed by atoms with van der Waals surface area (Å²) in [5.41, 5.74) is -0.314. The van der Waals surface area contributed by atoms with Gasteiger partial charge in [-0.05, 0) is 51.1 Å². The second kappa shape index (κ2) is 9.19. The maximum absolute atomic E-state index is 14.8. The molecule has 33 heavy (non-hydrogen) atoms. The summed E-state index contributed by atoms with van der Waals surface area (Å²) in [7, 11) is 1.31. The van der Waals surface area contributed by atoms with Gasteiger partial charge in [0.1, 0.15) is 18.0 Å². The Morgan fingerprint density at radius 2 is 1.88 bits per heavy atom. The Kier molecular flexibility index (Phi) is 6.73. The number of anilines is 1. The summed E-state index contributed by atoms with van der Waals surface area (Å²) >= 11 is 6.18. The summed E-state index contributed by atoms with van der Waals surface area (Å²) in [5, 5.41) is 9.72. The Morgan fingerprint density at radius 1 is 1.21 bits per heavy atom. The van der Waals surface area contributed by atoms with Crippen molar-refractivity contribution in [1.29, 1.82) is 0 Å². The number of carbonyl (C=O) groups is 3. The van der Waals surface area contributed by atoms with Crippen LogP contribution in [-0.4, -0.2) is 59.0 Å². The Hall–Kier alpha value is -3.46. The molecular formula is C23H23ClFN3O5. The molecule has 3 rings (SSSR count). The van der Waals surface area contributed by atoms with Crippen molar-refractivity contribution >= 4 is 41.0 Å². The highest BCUT2D eigenvalue weighted by atomic mass is 35.5. The minimum atomic E-state index is -1.51. The summed E-state index contributed by atoms with van der Waals surface area (Å²) in [6.45, 7) is 4.29. The molecule has 0 fully saturated rings. The van der Waals surface area contributed by atoms with Crippen molar-refractivity contribution in [2.45, 2.75) is 32.5 Å². The van der Waals surface area contributed by atoms with Crippen molar-refractivity contribution in [3.8, 4) is 0 Å². The zero-order valence-electron chi connectivity index (χ0n) is 18.5. The van der Waals surface area contributed by atoms with E-state index < -0.39 is 42.1 Å². The van der Waals surface area contributed by atoms with E-state index in [-0.39, 0.29) is 27.5 Å². The van der Waals surface area contributed by atoms with Crippen LogP contribution >= 0.6 is 11.6 Å². The summed E-state index contributed by atoms with van der Waals surface area (Å²) < 4.78 is 20.2. The number of carboxylic acid groups (broad SMARTS) is 1. The summed E-state index contributed by atoms with van der Waals surface area (Å²) in [6.07, 6.45) is -2.36. The van der Waals surface area contributed by atoms with Gasteiger partial charge in [-0.25, -0.2) is 14.2 Å². The quantitative estimate of drug-likeness (QED) is 0.722. The zero-order valence-corrected chi connectivity index (χ0v) is 19.3. The molecule has 0 saturated heterocycles. The number of fused-ring (bicyclic) bond motifs is 1. The molecule has 1 heterocycles. The normalized spacial score (nSPS) is 15.9. The Morgan fingerprint density at radius 3 is 2.48 bits per heavy atom. The summed E-state index contributed by atoms with van der Waals surface area (Å²) in [4.78, 5) is 44.2. The molecule has 1 unspecified atom stereocenters. The van der Waals surface area contributed by atoms with E-state index in [0.717, 1.165) is 9.80 Å². The third-order valence-electron chi connectivity index (χ3n) is 4.71. The van der Waals surface area contributed by atoms with E-state index >= 15 is 0 Å². The first-order valence-corrected chi connectivity index (χ1v) is 10.4. The second-order valence-electron chi connectivity index (χ2n) is 8.40. The lowest BCUT2D eigenvalue weighted by atomic mass is 9.99. The molecule has 0 spiro atoms. The number of rotatable bonds is 4. The number of hydrogen-bond acceptors (Lipinski definition) is 5. The molecule has 1 atom stereocenters. The third kappa shape index (κ3) is 5.31. The van der Waals surface area contributed by atoms with Gasteiger partial charge in [-0.15, -0.1) is 0 Å². The van der Waals surface area contributed by atoms with E-state index in [1.165, 1.54) is 43.4 Å². The van der Waals surface area contributed by atoms with Crippen LogP contribution in [0.5, 0.6) is 0 Å². The summed E-state index contributed by atoms with van der Waals surface area (Å²) in [6, 6.07) is 10.2. The number of carboxylic acids is 1. The monoisotopic (exact) mass is 475 g/mol. The SMILES string of the molecule is CN(C(=O)OC(C)(C)C)C1N=C(c2ccccc2F)c2cc(Cl)ccc2N(CC(=O)O)C1=O. The minimum Gasteiger partial charge on any atom is -0.480 e. The lowest BCUT2D eigenvalue weighted by molar-refractivity contribution is -0.137. The number of hydrogen-bond donors (Lipinski definition) is 1. The second-order valence-corrected chi connectivity index (χ2v) is 8.84. The molecule has 8 nitrogen and oxygen atoms in total. The van der Waals surface area contributed by atoms with E-state index in [2.05, 4.69) is 4.99 Å². The van der Waals surface area contributed by atoms with Gasteiger partial charge in [-0.1, -0.05) is 23.7 Å². The Balaban J connectivity index is 2.25. The van der Waals surface area contributed by atoms with Gasteiger partial charge in [0.05, 0.1) is 11.4 Å². The smallest absolute Gasteiger partial charge is 0.412 e. The number of benzodiazepines with no additional fused rings is 1.